The summed E-state index contributed by atoms with van der Waals surface area (Å²) in [6.07, 6.45) is 0. The minimum Gasteiger partial charge on any atom is -0.380 e. The number of ether oxygens (including phenoxy) is 1. The van der Waals surface area contributed by atoms with Crippen molar-refractivity contribution in [1.82, 2.24) is 0 Å². The highest BCUT2D eigenvalue weighted by Gasteiger charge is 2.38. The number of nitrogens with zero attached hydrogens (tertiary/aromatic N) is 1. The molecule has 0 aromatic heterocycles. The van der Waals surface area contributed by atoms with Gasteiger partial charge in [-0.25, -0.2) is 4.39 Å². The van der Waals surface area contributed by atoms with Crippen molar-refractivity contribution in [1.29, 1.82) is 0 Å². The first-order valence-corrected chi connectivity index (χ1v) is 6.30. The van der Waals surface area contributed by atoms with Crippen LogP contribution < -0.4 is 10.6 Å². The van der Waals surface area contributed by atoms with E-state index in [4.69, 9.17) is 10.5 Å². The second kappa shape index (κ2) is 4.92. The van der Waals surface area contributed by atoms with Gasteiger partial charge in [-0.3, -0.25) is 0 Å². The van der Waals surface area contributed by atoms with Crippen molar-refractivity contribution < 1.29 is 9.13 Å². The summed E-state index contributed by atoms with van der Waals surface area (Å²) in [7, 11) is 1.88. The molecule has 0 radical (unpaired) electrons. The first-order valence-electron chi connectivity index (χ1n) is 5.50. The molecule has 0 amide bonds. The van der Waals surface area contributed by atoms with Crippen LogP contribution in [0.3, 0.4) is 0 Å². The molecule has 1 saturated heterocycles. The van der Waals surface area contributed by atoms with Crippen LogP contribution in [0.5, 0.6) is 0 Å². The minimum atomic E-state index is -0.219. The van der Waals surface area contributed by atoms with Crippen molar-refractivity contribution >= 4 is 21.6 Å². The first kappa shape index (κ1) is 12.8. The molecule has 0 atom stereocenters. The lowest BCUT2D eigenvalue weighted by atomic mass is 9.85. The van der Waals surface area contributed by atoms with Crippen LogP contribution in [0.1, 0.15) is 0 Å². The Morgan fingerprint density at radius 2 is 2.24 bits per heavy atom. The van der Waals surface area contributed by atoms with Gasteiger partial charge >= 0.3 is 0 Å². The largest absolute Gasteiger partial charge is 0.380 e. The molecule has 2 N–H and O–H groups in total. The number of halogens is 2. The molecule has 0 unspecified atom stereocenters. The van der Waals surface area contributed by atoms with Gasteiger partial charge in [0.25, 0.3) is 0 Å². The van der Waals surface area contributed by atoms with Crippen LogP contribution >= 0.6 is 15.9 Å². The lowest BCUT2D eigenvalue weighted by Gasteiger charge is -2.43. The van der Waals surface area contributed by atoms with Gasteiger partial charge in [0.1, 0.15) is 5.82 Å². The fourth-order valence-corrected chi connectivity index (χ4v) is 2.38. The third kappa shape index (κ3) is 2.61. The lowest BCUT2D eigenvalue weighted by Crippen LogP contribution is -2.54. The highest BCUT2D eigenvalue weighted by atomic mass is 79.9. The van der Waals surface area contributed by atoms with Crippen molar-refractivity contribution in [3.8, 4) is 0 Å². The molecular weight excluding hydrogens is 287 g/mol. The summed E-state index contributed by atoms with van der Waals surface area (Å²) in [5.74, 6) is -0.219. The molecule has 2 rings (SSSR count). The summed E-state index contributed by atoms with van der Waals surface area (Å²) < 4.78 is 19.8. The number of anilines is 1. The van der Waals surface area contributed by atoms with Gasteiger partial charge in [-0.15, -0.1) is 0 Å². The summed E-state index contributed by atoms with van der Waals surface area (Å²) in [6.45, 7) is 2.58. The maximum atomic E-state index is 13.7. The number of rotatable bonds is 4. The summed E-state index contributed by atoms with van der Waals surface area (Å²) in [6, 6.07) is 4.93. The van der Waals surface area contributed by atoms with E-state index in [1.54, 1.807) is 12.1 Å². The molecule has 17 heavy (non-hydrogen) atoms. The van der Waals surface area contributed by atoms with Gasteiger partial charge in [-0.05, 0) is 18.2 Å². The monoisotopic (exact) mass is 302 g/mol. The van der Waals surface area contributed by atoms with Crippen molar-refractivity contribution in [2.24, 2.45) is 11.1 Å². The van der Waals surface area contributed by atoms with Crippen LogP contribution in [0, 0.1) is 11.2 Å². The van der Waals surface area contributed by atoms with Crippen LogP contribution in [0.2, 0.25) is 0 Å². The van der Waals surface area contributed by atoms with E-state index in [0.29, 0.717) is 32.0 Å². The Bertz CT molecular complexity index is 404. The van der Waals surface area contributed by atoms with Crippen LogP contribution in [0.4, 0.5) is 10.1 Å². The molecule has 0 bridgehead atoms. The summed E-state index contributed by atoms with van der Waals surface area (Å²) >= 11 is 3.35. The third-order valence-corrected chi connectivity index (χ3v) is 3.63. The summed E-state index contributed by atoms with van der Waals surface area (Å²) in [5.41, 5.74) is 6.31. The number of nitrogens with two attached hydrogens (primary N) is 1. The highest BCUT2D eigenvalue weighted by Crippen LogP contribution is 2.30. The molecule has 1 aromatic rings. The van der Waals surface area contributed by atoms with Crippen LogP contribution in [-0.4, -0.2) is 33.4 Å². The van der Waals surface area contributed by atoms with Gasteiger partial charge in [0.15, 0.2) is 0 Å². The molecule has 1 aliphatic rings. The van der Waals surface area contributed by atoms with E-state index in [9.17, 15) is 4.39 Å². The standard InChI is InChI=1S/C12H16BrFN2O/c1-16(6-12(5-15)7-17-8-12)11-4-9(13)2-3-10(11)14/h2-4H,5-8,15H2,1H3. The first-order chi connectivity index (χ1) is 8.06. The predicted molar refractivity (Wildman–Crippen MR) is 69.7 cm³/mol. The van der Waals surface area contributed by atoms with Gasteiger partial charge in [0, 0.05) is 30.0 Å². The Morgan fingerprint density at radius 1 is 1.53 bits per heavy atom. The fourth-order valence-electron chi connectivity index (χ4n) is 2.03. The molecule has 1 fully saturated rings. The van der Waals surface area contributed by atoms with Crippen molar-refractivity contribution in [3.63, 3.8) is 0 Å². The molecular formula is C12H16BrFN2O. The second-order valence-corrected chi connectivity index (χ2v) is 5.56. The Hall–Kier alpha value is -0.650. The fraction of sp³-hybridized carbons (Fsp3) is 0.500. The molecule has 1 aliphatic heterocycles. The Labute approximate surface area is 109 Å². The van der Waals surface area contributed by atoms with E-state index in [0.717, 1.165) is 4.47 Å². The molecule has 1 aromatic carbocycles. The zero-order valence-electron chi connectivity index (χ0n) is 9.75. The quantitative estimate of drug-likeness (QED) is 0.924. The van der Waals surface area contributed by atoms with Gasteiger partial charge in [-0.2, -0.15) is 0 Å². The van der Waals surface area contributed by atoms with Crippen molar-refractivity contribution in [3.05, 3.63) is 28.5 Å². The average Bonchev–Trinajstić information content (AvgIpc) is 2.26. The van der Waals surface area contributed by atoms with E-state index in [1.807, 2.05) is 11.9 Å². The maximum absolute atomic E-state index is 13.7. The van der Waals surface area contributed by atoms with Gasteiger partial charge < -0.3 is 15.4 Å². The smallest absolute Gasteiger partial charge is 0.146 e. The number of benzene rings is 1. The van der Waals surface area contributed by atoms with Crippen LogP contribution in [0.25, 0.3) is 0 Å². The molecule has 0 spiro atoms. The zero-order valence-corrected chi connectivity index (χ0v) is 11.3. The summed E-state index contributed by atoms with van der Waals surface area (Å²) in [5, 5.41) is 0. The second-order valence-electron chi connectivity index (χ2n) is 4.65. The zero-order chi connectivity index (χ0) is 12.5. The molecule has 5 heteroatoms. The Balaban J connectivity index is 2.13. The topological polar surface area (TPSA) is 38.5 Å². The molecule has 0 aliphatic carbocycles. The number of hydrogen-bond acceptors (Lipinski definition) is 3. The predicted octanol–water partition coefficient (Wildman–Crippen LogP) is 2.00. The number of hydrogen-bond donors (Lipinski definition) is 1. The van der Waals surface area contributed by atoms with E-state index in [2.05, 4.69) is 15.9 Å². The van der Waals surface area contributed by atoms with Gasteiger partial charge in [-0.1, -0.05) is 15.9 Å². The normalized spacial score (nSPS) is 17.6. The maximum Gasteiger partial charge on any atom is 0.146 e. The van der Waals surface area contributed by atoms with Crippen LogP contribution in [-0.2, 0) is 4.74 Å². The lowest BCUT2D eigenvalue weighted by molar-refractivity contribution is -0.101. The summed E-state index contributed by atoms with van der Waals surface area (Å²) in [4.78, 5) is 1.90. The van der Waals surface area contributed by atoms with E-state index >= 15 is 0 Å². The van der Waals surface area contributed by atoms with Gasteiger partial charge in [0.2, 0.25) is 0 Å². The average molecular weight is 303 g/mol. The highest BCUT2D eigenvalue weighted by molar-refractivity contribution is 9.10. The van der Waals surface area contributed by atoms with Crippen molar-refractivity contribution in [2.75, 3.05) is 38.3 Å². The van der Waals surface area contributed by atoms with E-state index in [-0.39, 0.29) is 11.2 Å². The van der Waals surface area contributed by atoms with Crippen LogP contribution in [0.15, 0.2) is 22.7 Å². The van der Waals surface area contributed by atoms with E-state index in [1.165, 1.54) is 6.07 Å². The Morgan fingerprint density at radius 3 is 2.76 bits per heavy atom. The van der Waals surface area contributed by atoms with Gasteiger partial charge in [0.05, 0.1) is 18.9 Å². The molecule has 94 valence electrons. The van der Waals surface area contributed by atoms with E-state index < -0.39 is 0 Å². The third-order valence-electron chi connectivity index (χ3n) is 3.14. The van der Waals surface area contributed by atoms with Crippen molar-refractivity contribution in [2.45, 2.75) is 0 Å². The molecule has 3 nitrogen and oxygen atoms in total. The Kier molecular flexibility index (Phi) is 3.70. The molecule has 0 saturated carbocycles. The SMILES string of the molecule is CN(CC1(CN)COC1)c1cc(Br)ccc1F. The molecule has 1 heterocycles. The minimum absolute atomic E-state index is 0.0243.